The SMILES string of the molecule is Cn1cc(NC(=O)c2cc(NC(=O)c3nccn3C)cn2C)cc1C(=O)NCCCCCCN. The Hall–Kier alpha value is -3.86. The maximum absolute atomic E-state index is 12.8. The summed E-state index contributed by atoms with van der Waals surface area (Å²) < 4.78 is 4.89. The Morgan fingerprint density at radius 3 is 2.00 bits per heavy atom. The van der Waals surface area contributed by atoms with Crippen LogP contribution >= 0.6 is 0 Å². The summed E-state index contributed by atoms with van der Waals surface area (Å²) in [5.41, 5.74) is 7.26. The zero-order valence-corrected chi connectivity index (χ0v) is 19.8. The fourth-order valence-electron chi connectivity index (χ4n) is 3.60. The summed E-state index contributed by atoms with van der Waals surface area (Å²) >= 11 is 0. The highest BCUT2D eigenvalue weighted by Gasteiger charge is 2.18. The predicted octanol–water partition coefficient (Wildman–Crippen LogP) is 1.85. The molecule has 0 aliphatic heterocycles. The third-order valence-corrected chi connectivity index (χ3v) is 5.43. The lowest BCUT2D eigenvalue weighted by atomic mass is 10.2. The Morgan fingerprint density at radius 1 is 0.824 bits per heavy atom. The van der Waals surface area contributed by atoms with Crippen LogP contribution in [0.1, 0.15) is 57.3 Å². The van der Waals surface area contributed by atoms with Gasteiger partial charge in [-0.1, -0.05) is 12.8 Å². The average molecular weight is 469 g/mol. The van der Waals surface area contributed by atoms with E-state index in [0.29, 0.717) is 35.9 Å². The Bertz CT molecular complexity index is 1160. The number of carbonyl (C=O) groups is 3. The van der Waals surface area contributed by atoms with E-state index >= 15 is 0 Å². The van der Waals surface area contributed by atoms with E-state index in [0.717, 1.165) is 25.7 Å². The van der Waals surface area contributed by atoms with Gasteiger partial charge in [-0.15, -0.1) is 0 Å². The second-order valence-corrected chi connectivity index (χ2v) is 8.18. The van der Waals surface area contributed by atoms with E-state index in [1.165, 1.54) is 6.20 Å². The molecule has 0 atom stereocenters. The largest absolute Gasteiger partial charge is 0.351 e. The number of imidazole rings is 1. The topological polar surface area (TPSA) is 141 Å². The summed E-state index contributed by atoms with van der Waals surface area (Å²) in [5, 5.41) is 8.46. The van der Waals surface area contributed by atoms with Crippen LogP contribution in [0.15, 0.2) is 36.9 Å². The van der Waals surface area contributed by atoms with Crippen molar-refractivity contribution in [2.24, 2.45) is 26.9 Å². The maximum atomic E-state index is 12.8. The van der Waals surface area contributed by atoms with Crippen molar-refractivity contribution in [2.45, 2.75) is 25.7 Å². The summed E-state index contributed by atoms with van der Waals surface area (Å²) in [6.07, 6.45) is 10.5. The normalized spacial score (nSPS) is 10.8. The first-order valence-electron chi connectivity index (χ1n) is 11.2. The lowest BCUT2D eigenvalue weighted by Crippen LogP contribution is -2.26. The molecule has 0 unspecified atom stereocenters. The van der Waals surface area contributed by atoms with Crippen LogP contribution < -0.4 is 21.7 Å². The molecule has 0 saturated carbocycles. The monoisotopic (exact) mass is 468 g/mol. The number of hydrogen-bond acceptors (Lipinski definition) is 5. The van der Waals surface area contributed by atoms with Gasteiger partial charge in [-0.3, -0.25) is 14.4 Å². The summed E-state index contributed by atoms with van der Waals surface area (Å²) in [6.45, 7) is 1.28. The van der Waals surface area contributed by atoms with Crippen molar-refractivity contribution in [1.29, 1.82) is 0 Å². The molecule has 3 aromatic rings. The van der Waals surface area contributed by atoms with Crippen LogP contribution in [0.5, 0.6) is 0 Å². The summed E-state index contributed by atoms with van der Waals surface area (Å²) in [7, 11) is 5.19. The molecule has 0 aromatic carbocycles. The maximum Gasteiger partial charge on any atom is 0.291 e. The highest BCUT2D eigenvalue weighted by Crippen LogP contribution is 2.18. The van der Waals surface area contributed by atoms with Gasteiger partial charge < -0.3 is 35.4 Å². The van der Waals surface area contributed by atoms with Gasteiger partial charge in [0, 0.05) is 52.5 Å². The van der Waals surface area contributed by atoms with Crippen LogP contribution in [-0.4, -0.2) is 49.5 Å². The molecular weight excluding hydrogens is 436 g/mol. The predicted molar refractivity (Wildman–Crippen MR) is 130 cm³/mol. The number of hydrogen-bond donors (Lipinski definition) is 4. The molecule has 0 radical (unpaired) electrons. The van der Waals surface area contributed by atoms with Gasteiger partial charge >= 0.3 is 0 Å². The van der Waals surface area contributed by atoms with Gasteiger partial charge in [-0.05, 0) is 31.5 Å². The van der Waals surface area contributed by atoms with Crippen molar-refractivity contribution in [3.05, 3.63) is 54.1 Å². The smallest absolute Gasteiger partial charge is 0.291 e. The molecule has 0 saturated heterocycles. The third kappa shape index (κ3) is 6.13. The van der Waals surface area contributed by atoms with Crippen molar-refractivity contribution >= 4 is 29.1 Å². The van der Waals surface area contributed by atoms with Gasteiger partial charge in [0.15, 0.2) is 5.82 Å². The molecule has 0 aliphatic carbocycles. The van der Waals surface area contributed by atoms with Crippen molar-refractivity contribution in [3.63, 3.8) is 0 Å². The van der Waals surface area contributed by atoms with Gasteiger partial charge in [0.2, 0.25) is 0 Å². The van der Waals surface area contributed by atoms with E-state index in [-0.39, 0.29) is 23.5 Å². The Labute approximate surface area is 198 Å². The second kappa shape index (κ2) is 11.3. The Kier molecular flexibility index (Phi) is 8.25. The first kappa shape index (κ1) is 24.8. The summed E-state index contributed by atoms with van der Waals surface area (Å²) in [6, 6.07) is 3.21. The van der Waals surface area contributed by atoms with Crippen LogP contribution in [-0.2, 0) is 21.1 Å². The molecule has 3 aromatic heterocycles. The van der Waals surface area contributed by atoms with Crippen LogP contribution in [0.3, 0.4) is 0 Å². The second-order valence-electron chi connectivity index (χ2n) is 8.18. The van der Waals surface area contributed by atoms with Crippen LogP contribution in [0, 0.1) is 0 Å². The summed E-state index contributed by atoms with van der Waals surface area (Å²) in [5.74, 6) is -0.666. The van der Waals surface area contributed by atoms with Gasteiger partial charge in [0.1, 0.15) is 11.4 Å². The van der Waals surface area contributed by atoms with E-state index in [4.69, 9.17) is 5.73 Å². The number of aryl methyl sites for hydroxylation is 3. The number of nitrogens with one attached hydrogen (secondary N) is 3. The van der Waals surface area contributed by atoms with Gasteiger partial charge in [0.25, 0.3) is 17.7 Å². The molecule has 0 bridgehead atoms. The van der Waals surface area contributed by atoms with E-state index in [2.05, 4.69) is 20.9 Å². The number of nitrogens with zero attached hydrogens (tertiary/aromatic N) is 4. The highest BCUT2D eigenvalue weighted by molar-refractivity contribution is 6.06. The fourth-order valence-corrected chi connectivity index (χ4v) is 3.60. The number of amides is 3. The minimum atomic E-state index is -0.372. The minimum Gasteiger partial charge on any atom is -0.351 e. The average Bonchev–Trinajstić information content (AvgIpc) is 3.48. The molecule has 3 rings (SSSR count). The van der Waals surface area contributed by atoms with Gasteiger partial charge in [-0.2, -0.15) is 0 Å². The van der Waals surface area contributed by atoms with Crippen molar-refractivity contribution in [1.82, 2.24) is 24.0 Å². The number of aromatic nitrogens is 4. The Balaban J connectivity index is 1.58. The molecule has 182 valence electrons. The van der Waals surface area contributed by atoms with Crippen LogP contribution in [0.25, 0.3) is 0 Å². The lowest BCUT2D eigenvalue weighted by molar-refractivity contribution is 0.0943. The molecule has 0 aliphatic rings. The summed E-state index contributed by atoms with van der Waals surface area (Å²) in [4.78, 5) is 41.7. The van der Waals surface area contributed by atoms with Crippen molar-refractivity contribution in [2.75, 3.05) is 23.7 Å². The number of anilines is 2. The quantitative estimate of drug-likeness (QED) is 0.318. The van der Waals surface area contributed by atoms with Crippen LogP contribution in [0.2, 0.25) is 0 Å². The van der Waals surface area contributed by atoms with Gasteiger partial charge in [0.05, 0.1) is 11.4 Å². The van der Waals surface area contributed by atoms with Crippen molar-refractivity contribution < 1.29 is 14.4 Å². The molecule has 3 amide bonds. The molecule has 3 heterocycles. The third-order valence-electron chi connectivity index (χ3n) is 5.43. The number of carbonyl (C=O) groups excluding carboxylic acids is 3. The minimum absolute atomic E-state index is 0.194. The molecule has 11 nitrogen and oxygen atoms in total. The number of rotatable bonds is 11. The van der Waals surface area contributed by atoms with E-state index < -0.39 is 0 Å². The van der Waals surface area contributed by atoms with E-state index in [1.54, 1.807) is 65.6 Å². The number of nitrogens with two attached hydrogens (primary N) is 1. The molecule has 5 N–H and O–H groups in total. The van der Waals surface area contributed by atoms with Gasteiger partial charge in [-0.25, -0.2) is 4.98 Å². The molecule has 11 heteroatoms. The Morgan fingerprint density at radius 2 is 1.41 bits per heavy atom. The zero-order chi connectivity index (χ0) is 24.7. The van der Waals surface area contributed by atoms with E-state index in [1.807, 2.05) is 0 Å². The molecule has 34 heavy (non-hydrogen) atoms. The lowest BCUT2D eigenvalue weighted by Gasteiger charge is -2.05. The van der Waals surface area contributed by atoms with E-state index in [9.17, 15) is 14.4 Å². The standard InChI is InChI=1S/C23H32N8O3/c1-29-11-10-25-20(29)23(34)28-17-13-19(31(3)15-17)22(33)27-16-12-18(30(2)14-16)21(32)26-9-7-5-4-6-8-24/h10-15H,4-9,24H2,1-3H3,(H,26,32)(H,27,33)(H,28,34). The molecular formula is C23H32N8O3. The molecule has 0 spiro atoms. The van der Waals surface area contributed by atoms with Crippen molar-refractivity contribution in [3.8, 4) is 0 Å². The van der Waals surface area contributed by atoms with Crippen LogP contribution in [0.4, 0.5) is 11.4 Å². The zero-order valence-electron chi connectivity index (χ0n) is 19.8. The number of unbranched alkanes of at least 4 members (excludes halogenated alkanes) is 3. The fraction of sp³-hybridized carbons (Fsp3) is 0.391. The first-order valence-corrected chi connectivity index (χ1v) is 11.2. The first-order chi connectivity index (χ1) is 16.3. The highest BCUT2D eigenvalue weighted by atomic mass is 16.2. The molecule has 0 fully saturated rings.